The maximum absolute atomic E-state index is 12.2. The Morgan fingerprint density at radius 2 is 1.86 bits per heavy atom. The Morgan fingerprint density at radius 3 is 2.59 bits per heavy atom. The van der Waals surface area contributed by atoms with Crippen LogP contribution in [0.2, 0.25) is 0 Å². The highest BCUT2D eigenvalue weighted by Gasteiger charge is 2.11. The van der Waals surface area contributed by atoms with Crippen molar-refractivity contribution in [1.82, 2.24) is 15.5 Å². The zero-order valence-electron chi connectivity index (χ0n) is 16.7. The Hall–Kier alpha value is -3.19. The molecule has 0 saturated heterocycles. The number of nitrogens with zero attached hydrogens (tertiary/aromatic N) is 2. The summed E-state index contributed by atoms with van der Waals surface area (Å²) in [5.74, 6) is 1.62. The predicted octanol–water partition coefficient (Wildman–Crippen LogP) is 3.53. The fraction of sp³-hybridized carbons (Fsp3) is 0.318. The summed E-state index contributed by atoms with van der Waals surface area (Å²) < 4.78 is 15.9. The molecule has 1 heterocycles. The Balaban J connectivity index is 1.49. The van der Waals surface area contributed by atoms with Gasteiger partial charge in [0, 0.05) is 31.6 Å². The molecule has 1 amide bonds. The van der Waals surface area contributed by atoms with Crippen molar-refractivity contribution in [1.29, 1.82) is 0 Å². The molecular formula is C22H25N3O4. The second-order valence-corrected chi connectivity index (χ2v) is 6.42. The molecule has 0 bridgehead atoms. The van der Waals surface area contributed by atoms with Crippen LogP contribution in [-0.2, 0) is 29.1 Å². The van der Waals surface area contributed by atoms with Gasteiger partial charge in [-0.15, -0.1) is 0 Å². The van der Waals surface area contributed by atoms with Gasteiger partial charge in [-0.2, -0.15) is 4.98 Å². The van der Waals surface area contributed by atoms with Gasteiger partial charge < -0.3 is 19.3 Å². The van der Waals surface area contributed by atoms with Crippen LogP contribution in [-0.4, -0.2) is 29.8 Å². The molecular weight excluding hydrogens is 370 g/mol. The first kappa shape index (κ1) is 20.5. The van der Waals surface area contributed by atoms with Crippen LogP contribution >= 0.6 is 0 Å². The van der Waals surface area contributed by atoms with E-state index in [0.717, 1.165) is 22.4 Å². The van der Waals surface area contributed by atoms with Gasteiger partial charge in [-0.3, -0.25) is 4.79 Å². The lowest BCUT2D eigenvalue weighted by Gasteiger charge is -2.10. The smallest absolute Gasteiger partial charge is 0.227 e. The third-order valence-corrected chi connectivity index (χ3v) is 4.44. The van der Waals surface area contributed by atoms with Crippen LogP contribution < -0.4 is 10.1 Å². The molecule has 0 aliphatic carbocycles. The Bertz CT molecular complexity index is 922. The van der Waals surface area contributed by atoms with Crippen LogP contribution in [0.15, 0.2) is 53.1 Å². The zero-order chi connectivity index (χ0) is 20.5. The summed E-state index contributed by atoms with van der Waals surface area (Å²) >= 11 is 0. The van der Waals surface area contributed by atoms with Gasteiger partial charge in [0.05, 0.1) is 13.7 Å². The number of methoxy groups -OCH3 is 1. The number of carbonyl (C=O) groups excluding carboxylic acids is 1. The molecule has 0 aliphatic rings. The fourth-order valence-electron chi connectivity index (χ4n) is 2.80. The van der Waals surface area contributed by atoms with E-state index in [2.05, 4.69) is 15.5 Å². The number of rotatable bonds is 10. The normalized spacial score (nSPS) is 10.7. The van der Waals surface area contributed by atoms with Crippen molar-refractivity contribution in [3.8, 4) is 17.1 Å². The highest BCUT2D eigenvalue weighted by atomic mass is 16.5. The Kier molecular flexibility index (Phi) is 7.35. The van der Waals surface area contributed by atoms with Crippen molar-refractivity contribution in [3.63, 3.8) is 0 Å². The molecule has 1 aromatic heterocycles. The lowest BCUT2D eigenvalue weighted by molar-refractivity contribution is -0.121. The number of aryl methyl sites for hydroxylation is 1. The number of hydrogen-bond acceptors (Lipinski definition) is 6. The molecule has 1 N–H and O–H groups in total. The van der Waals surface area contributed by atoms with E-state index in [0.29, 0.717) is 37.9 Å². The third kappa shape index (κ3) is 5.89. The second kappa shape index (κ2) is 10.4. The first-order chi connectivity index (χ1) is 14.2. The molecule has 0 atom stereocenters. The van der Waals surface area contributed by atoms with Gasteiger partial charge >= 0.3 is 0 Å². The van der Waals surface area contributed by atoms with Crippen LogP contribution in [0.1, 0.15) is 30.4 Å². The van der Waals surface area contributed by atoms with E-state index in [1.165, 1.54) is 0 Å². The summed E-state index contributed by atoms with van der Waals surface area (Å²) in [7, 11) is 1.62. The lowest BCUT2D eigenvalue weighted by Crippen LogP contribution is -2.23. The highest BCUT2D eigenvalue weighted by molar-refractivity contribution is 5.76. The first-order valence-corrected chi connectivity index (χ1v) is 9.57. The van der Waals surface area contributed by atoms with Crippen LogP contribution in [0.5, 0.6) is 5.75 Å². The second-order valence-electron chi connectivity index (χ2n) is 6.42. The van der Waals surface area contributed by atoms with E-state index >= 15 is 0 Å². The van der Waals surface area contributed by atoms with E-state index in [1.54, 1.807) is 7.11 Å². The van der Waals surface area contributed by atoms with Crippen molar-refractivity contribution in [2.45, 2.75) is 32.9 Å². The maximum atomic E-state index is 12.2. The summed E-state index contributed by atoms with van der Waals surface area (Å²) in [4.78, 5) is 16.6. The fourth-order valence-corrected chi connectivity index (χ4v) is 2.80. The quantitative estimate of drug-likeness (QED) is 0.565. The number of ether oxygens (including phenoxy) is 2. The first-order valence-electron chi connectivity index (χ1n) is 9.57. The molecule has 7 nitrogen and oxygen atoms in total. The zero-order valence-corrected chi connectivity index (χ0v) is 16.7. The molecule has 3 aromatic rings. The molecule has 29 heavy (non-hydrogen) atoms. The Morgan fingerprint density at radius 1 is 1.10 bits per heavy atom. The predicted molar refractivity (Wildman–Crippen MR) is 108 cm³/mol. The third-order valence-electron chi connectivity index (χ3n) is 4.44. The van der Waals surface area contributed by atoms with Crippen molar-refractivity contribution >= 4 is 5.91 Å². The molecule has 0 radical (unpaired) electrons. The molecule has 0 fully saturated rings. The molecule has 0 saturated carbocycles. The minimum absolute atomic E-state index is 0.0691. The lowest BCUT2D eigenvalue weighted by atomic mass is 10.1. The van der Waals surface area contributed by atoms with E-state index in [-0.39, 0.29) is 12.3 Å². The van der Waals surface area contributed by atoms with Crippen molar-refractivity contribution in [2.24, 2.45) is 0 Å². The van der Waals surface area contributed by atoms with Crippen LogP contribution in [0.4, 0.5) is 0 Å². The molecule has 7 heteroatoms. The molecule has 2 aromatic carbocycles. The van der Waals surface area contributed by atoms with Crippen LogP contribution in [0.3, 0.4) is 0 Å². The maximum Gasteiger partial charge on any atom is 0.227 e. The van der Waals surface area contributed by atoms with Crippen molar-refractivity contribution < 1.29 is 18.8 Å². The number of carbonyl (C=O) groups is 1. The largest absolute Gasteiger partial charge is 0.497 e. The Labute approximate surface area is 170 Å². The topological polar surface area (TPSA) is 86.5 Å². The summed E-state index contributed by atoms with van der Waals surface area (Å²) in [6.45, 7) is 3.62. The van der Waals surface area contributed by atoms with Crippen molar-refractivity contribution in [2.75, 3.05) is 13.7 Å². The number of hydrogen-bond donors (Lipinski definition) is 1. The molecule has 0 unspecified atom stereocenters. The van der Waals surface area contributed by atoms with Crippen LogP contribution in [0.25, 0.3) is 11.4 Å². The van der Waals surface area contributed by atoms with E-state index < -0.39 is 0 Å². The number of amides is 1. The van der Waals surface area contributed by atoms with Gasteiger partial charge in [-0.25, -0.2) is 0 Å². The monoisotopic (exact) mass is 395 g/mol. The minimum atomic E-state index is -0.0691. The van der Waals surface area contributed by atoms with Gasteiger partial charge in [-0.1, -0.05) is 29.4 Å². The summed E-state index contributed by atoms with van der Waals surface area (Å²) in [6, 6.07) is 15.3. The molecule has 3 rings (SSSR count). The number of nitrogens with one attached hydrogen (secondary N) is 1. The molecule has 152 valence electrons. The standard InChI is InChI=1S/C22H25N3O4/c1-3-28-15-18-7-5-4-6-17(18)14-23-20(26)12-13-21-24-22(25-29-21)16-8-10-19(27-2)11-9-16/h4-11H,3,12-15H2,1-2H3,(H,23,26). The summed E-state index contributed by atoms with van der Waals surface area (Å²) in [5, 5.41) is 6.92. The average molecular weight is 395 g/mol. The van der Waals surface area contributed by atoms with Gasteiger partial charge in [0.2, 0.25) is 17.6 Å². The van der Waals surface area contributed by atoms with Gasteiger partial charge in [0.25, 0.3) is 0 Å². The van der Waals surface area contributed by atoms with E-state index in [9.17, 15) is 4.79 Å². The van der Waals surface area contributed by atoms with Crippen LogP contribution in [0, 0.1) is 0 Å². The summed E-state index contributed by atoms with van der Waals surface area (Å²) in [5.41, 5.74) is 2.96. The molecule has 0 aliphatic heterocycles. The highest BCUT2D eigenvalue weighted by Crippen LogP contribution is 2.20. The molecule has 0 spiro atoms. The van der Waals surface area contributed by atoms with E-state index in [1.807, 2.05) is 55.5 Å². The number of aromatic nitrogens is 2. The minimum Gasteiger partial charge on any atom is -0.497 e. The summed E-state index contributed by atoms with van der Waals surface area (Å²) in [6.07, 6.45) is 0.660. The average Bonchev–Trinajstić information content (AvgIpc) is 3.24. The van der Waals surface area contributed by atoms with E-state index in [4.69, 9.17) is 14.0 Å². The van der Waals surface area contributed by atoms with Gasteiger partial charge in [0.15, 0.2) is 0 Å². The van der Waals surface area contributed by atoms with Crippen molar-refractivity contribution in [3.05, 3.63) is 65.5 Å². The van der Waals surface area contributed by atoms with Gasteiger partial charge in [-0.05, 0) is 42.3 Å². The number of benzene rings is 2. The van der Waals surface area contributed by atoms with Gasteiger partial charge in [0.1, 0.15) is 5.75 Å². The SMILES string of the molecule is CCOCc1ccccc1CNC(=O)CCc1nc(-c2ccc(OC)cc2)no1.